The predicted molar refractivity (Wildman–Crippen MR) is 117 cm³/mol. The number of nitro groups is 1. The molecular weight excluding hydrogens is 374 g/mol. The topological polar surface area (TPSA) is 67.9 Å². The molecule has 0 aliphatic heterocycles. The Hall–Kier alpha value is -4.12. The van der Waals surface area contributed by atoms with Crippen molar-refractivity contribution < 1.29 is 4.92 Å². The number of hydrogen-bond acceptors (Lipinski definition) is 4. The van der Waals surface area contributed by atoms with Crippen molar-refractivity contribution in [2.75, 3.05) is 0 Å². The summed E-state index contributed by atoms with van der Waals surface area (Å²) in [5, 5.41) is 20.0. The molecule has 5 nitrogen and oxygen atoms in total. The van der Waals surface area contributed by atoms with Gasteiger partial charge in [-0.05, 0) is 39.9 Å². The van der Waals surface area contributed by atoms with E-state index in [2.05, 4.69) is 46.6 Å². The Bertz CT molecular complexity index is 1280. The zero-order valence-electron chi connectivity index (χ0n) is 16.0. The van der Waals surface area contributed by atoms with Crippen molar-refractivity contribution in [2.45, 2.75) is 5.92 Å². The summed E-state index contributed by atoms with van der Waals surface area (Å²) in [5.41, 5.74) is 6.69. The quantitative estimate of drug-likeness (QED) is 0.185. The lowest BCUT2D eigenvalue weighted by atomic mass is 9.88. The van der Waals surface area contributed by atoms with Crippen LogP contribution >= 0.6 is 0 Å². The monoisotopic (exact) mass is 391 g/mol. The van der Waals surface area contributed by atoms with E-state index in [1.807, 2.05) is 36.4 Å². The molecule has 0 heterocycles. The highest BCUT2D eigenvalue weighted by Gasteiger charge is 2.31. The first-order chi connectivity index (χ1) is 14.7. The van der Waals surface area contributed by atoms with Crippen molar-refractivity contribution in [3.63, 3.8) is 0 Å². The summed E-state index contributed by atoms with van der Waals surface area (Å²) in [5.74, 6) is 0.0401. The second-order valence-electron chi connectivity index (χ2n) is 7.12. The fourth-order valence-corrected chi connectivity index (χ4v) is 4.13. The maximum absolute atomic E-state index is 11.3. The van der Waals surface area contributed by atoms with Crippen LogP contribution in [-0.2, 0) is 0 Å². The van der Waals surface area contributed by atoms with E-state index in [9.17, 15) is 10.1 Å². The zero-order valence-corrected chi connectivity index (χ0v) is 16.0. The molecule has 0 N–H and O–H groups in total. The van der Waals surface area contributed by atoms with Gasteiger partial charge in [0.1, 0.15) is 0 Å². The lowest BCUT2D eigenvalue weighted by molar-refractivity contribution is -0.384. The maximum atomic E-state index is 11.3. The molecule has 144 valence electrons. The highest BCUT2D eigenvalue weighted by atomic mass is 16.6. The average Bonchev–Trinajstić information content (AvgIpc) is 3.13. The second kappa shape index (κ2) is 7.37. The van der Waals surface area contributed by atoms with Crippen LogP contribution in [-0.4, -0.2) is 4.92 Å². The maximum Gasteiger partial charge on any atom is 0.296 e. The van der Waals surface area contributed by atoms with E-state index in [0.29, 0.717) is 0 Å². The van der Waals surface area contributed by atoms with Crippen LogP contribution in [0.3, 0.4) is 0 Å². The summed E-state index contributed by atoms with van der Waals surface area (Å²) >= 11 is 0. The number of fused-ring (bicyclic) bond motifs is 3. The summed E-state index contributed by atoms with van der Waals surface area (Å²) in [6.45, 7) is 0. The van der Waals surface area contributed by atoms with Gasteiger partial charge in [0.25, 0.3) is 5.69 Å². The van der Waals surface area contributed by atoms with Gasteiger partial charge in [0.15, 0.2) is 5.69 Å². The Morgan fingerprint density at radius 2 is 1.30 bits per heavy atom. The van der Waals surface area contributed by atoms with Gasteiger partial charge in [0, 0.05) is 12.0 Å². The van der Waals surface area contributed by atoms with Gasteiger partial charge in [-0.25, -0.2) is 0 Å². The number of nitrogens with zero attached hydrogens (tertiary/aromatic N) is 3. The zero-order chi connectivity index (χ0) is 20.5. The first-order valence-electron chi connectivity index (χ1n) is 9.66. The summed E-state index contributed by atoms with van der Waals surface area (Å²) < 4.78 is 0. The minimum Gasteiger partial charge on any atom is -0.258 e. The molecule has 1 aliphatic rings. The molecule has 5 heteroatoms. The SMILES string of the molecule is O=[N+]([O-])c1ccccc1N=Nc1cccc2c1C(c1ccccc1)c1ccccc1-2. The Balaban J connectivity index is 1.67. The van der Waals surface area contributed by atoms with Crippen LogP contribution in [0.15, 0.2) is 107 Å². The molecule has 0 bridgehead atoms. The molecule has 0 saturated carbocycles. The van der Waals surface area contributed by atoms with Gasteiger partial charge in [-0.15, -0.1) is 10.2 Å². The number of hydrogen-bond donors (Lipinski definition) is 0. The van der Waals surface area contributed by atoms with Crippen molar-refractivity contribution in [1.82, 2.24) is 0 Å². The van der Waals surface area contributed by atoms with Gasteiger partial charge in [-0.1, -0.05) is 78.9 Å². The first kappa shape index (κ1) is 17.9. The smallest absolute Gasteiger partial charge is 0.258 e. The summed E-state index contributed by atoms with van der Waals surface area (Å²) in [4.78, 5) is 10.9. The van der Waals surface area contributed by atoms with E-state index >= 15 is 0 Å². The molecule has 4 aromatic rings. The third-order valence-corrected chi connectivity index (χ3v) is 5.41. The molecule has 4 aromatic carbocycles. The molecule has 0 amide bonds. The van der Waals surface area contributed by atoms with Crippen molar-refractivity contribution in [3.8, 4) is 11.1 Å². The number of para-hydroxylation sites is 1. The highest BCUT2D eigenvalue weighted by Crippen LogP contribution is 2.51. The lowest BCUT2D eigenvalue weighted by Crippen LogP contribution is -1.99. The van der Waals surface area contributed by atoms with E-state index in [0.717, 1.165) is 16.8 Å². The number of azo groups is 1. The molecule has 0 radical (unpaired) electrons. The Morgan fingerprint density at radius 3 is 2.13 bits per heavy atom. The van der Waals surface area contributed by atoms with Crippen molar-refractivity contribution in [1.29, 1.82) is 0 Å². The lowest BCUT2D eigenvalue weighted by Gasteiger charge is -2.15. The van der Waals surface area contributed by atoms with Crippen LogP contribution in [0.5, 0.6) is 0 Å². The first-order valence-corrected chi connectivity index (χ1v) is 9.66. The van der Waals surface area contributed by atoms with Crippen molar-refractivity contribution in [3.05, 3.63) is 124 Å². The van der Waals surface area contributed by atoms with Gasteiger partial charge in [0.2, 0.25) is 0 Å². The molecule has 0 aromatic heterocycles. The van der Waals surface area contributed by atoms with Crippen LogP contribution in [0.25, 0.3) is 11.1 Å². The third kappa shape index (κ3) is 2.97. The molecule has 5 rings (SSSR count). The van der Waals surface area contributed by atoms with Crippen LogP contribution in [0.1, 0.15) is 22.6 Å². The van der Waals surface area contributed by atoms with E-state index in [4.69, 9.17) is 0 Å². The van der Waals surface area contributed by atoms with E-state index in [1.54, 1.807) is 18.2 Å². The molecule has 0 saturated heterocycles. The van der Waals surface area contributed by atoms with Crippen LogP contribution in [0, 0.1) is 10.1 Å². The van der Waals surface area contributed by atoms with E-state index in [-0.39, 0.29) is 17.3 Å². The molecule has 30 heavy (non-hydrogen) atoms. The van der Waals surface area contributed by atoms with Gasteiger partial charge < -0.3 is 0 Å². The van der Waals surface area contributed by atoms with Gasteiger partial charge in [-0.2, -0.15) is 0 Å². The summed E-state index contributed by atoms with van der Waals surface area (Å²) in [6.07, 6.45) is 0. The Morgan fingerprint density at radius 1 is 0.667 bits per heavy atom. The number of nitro benzene ring substituents is 1. The predicted octanol–water partition coefficient (Wildman–Crippen LogP) is 7.17. The second-order valence-corrected chi connectivity index (χ2v) is 7.12. The van der Waals surface area contributed by atoms with Gasteiger partial charge in [-0.3, -0.25) is 10.1 Å². The minimum absolute atomic E-state index is 0.0401. The average molecular weight is 391 g/mol. The van der Waals surface area contributed by atoms with Gasteiger partial charge in [0.05, 0.1) is 10.6 Å². The van der Waals surface area contributed by atoms with Crippen LogP contribution in [0.4, 0.5) is 17.1 Å². The van der Waals surface area contributed by atoms with Crippen LogP contribution < -0.4 is 0 Å². The fourth-order valence-electron chi connectivity index (χ4n) is 4.13. The minimum atomic E-state index is -0.438. The number of rotatable bonds is 4. The standard InChI is InChI=1S/C25H17N3O2/c29-28(30)23-16-7-6-14-21(23)26-27-22-15-8-13-20-18-11-4-5-12-19(18)24(25(20)22)17-9-2-1-3-10-17/h1-16,24H. The molecule has 1 aliphatic carbocycles. The Labute approximate surface area is 173 Å². The van der Waals surface area contributed by atoms with Gasteiger partial charge >= 0.3 is 0 Å². The Kier molecular flexibility index (Phi) is 4.41. The molecule has 1 unspecified atom stereocenters. The number of benzene rings is 4. The fraction of sp³-hybridized carbons (Fsp3) is 0.0400. The molecule has 0 fully saturated rings. The molecule has 1 atom stereocenters. The van der Waals surface area contributed by atoms with Crippen molar-refractivity contribution in [2.24, 2.45) is 10.2 Å². The normalized spacial score (nSPS) is 14.5. The third-order valence-electron chi connectivity index (χ3n) is 5.41. The van der Waals surface area contributed by atoms with E-state index in [1.165, 1.54) is 22.8 Å². The van der Waals surface area contributed by atoms with E-state index < -0.39 is 4.92 Å². The van der Waals surface area contributed by atoms with Crippen molar-refractivity contribution >= 4 is 17.1 Å². The summed E-state index contributed by atoms with van der Waals surface area (Å²) in [7, 11) is 0. The molecule has 0 spiro atoms. The largest absolute Gasteiger partial charge is 0.296 e. The highest BCUT2D eigenvalue weighted by molar-refractivity contribution is 5.84. The molecular formula is C25H17N3O2. The van der Waals surface area contributed by atoms with Crippen LogP contribution in [0.2, 0.25) is 0 Å². The summed E-state index contributed by atoms with van der Waals surface area (Å²) in [6, 6.07) is 31.0.